The summed E-state index contributed by atoms with van der Waals surface area (Å²) in [6.07, 6.45) is 4.95. The Bertz CT molecular complexity index is 1060. The van der Waals surface area contributed by atoms with Crippen LogP contribution >= 0.6 is 0 Å². The minimum absolute atomic E-state index is 0.0819. The summed E-state index contributed by atoms with van der Waals surface area (Å²) in [5.41, 5.74) is 2.00. The van der Waals surface area contributed by atoms with E-state index in [1.807, 2.05) is 26.0 Å². The summed E-state index contributed by atoms with van der Waals surface area (Å²) >= 11 is 0. The van der Waals surface area contributed by atoms with E-state index in [0.717, 1.165) is 12.0 Å². The predicted octanol–water partition coefficient (Wildman–Crippen LogP) is 4.14. The normalized spacial score (nSPS) is 25.5. The van der Waals surface area contributed by atoms with Gasteiger partial charge in [0.1, 0.15) is 12.4 Å². The monoisotopic (exact) mass is 431 g/mol. The molecule has 2 aromatic carbocycles. The zero-order chi connectivity index (χ0) is 22.4. The molecule has 0 N–H and O–H groups in total. The van der Waals surface area contributed by atoms with E-state index in [0.29, 0.717) is 23.6 Å². The minimum Gasteiger partial charge on any atom is -0.489 e. The molecule has 4 atom stereocenters. The third-order valence-corrected chi connectivity index (χ3v) is 6.50. The third-order valence-electron chi connectivity index (χ3n) is 6.50. The van der Waals surface area contributed by atoms with Crippen molar-refractivity contribution in [2.24, 2.45) is 23.7 Å². The van der Waals surface area contributed by atoms with Crippen molar-refractivity contribution < 1.29 is 23.9 Å². The molecule has 0 radical (unpaired) electrons. The molecule has 2 bridgehead atoms. The molecule has 3 aliphatic rings. The van der Waals surface area contributed by atoms with Crippen LogP contribution in [-0.2, 0) is 20.9 Å². The number of allylic oxidation sites excluding steroid dienone is 2. The lowest BCUT2D eigenvalue weighted by atomic mass is 9.85. The van der Waals surface area contributed by atoms with Crippen LogP contribution in [-0.4, -0.2) is 23.9 Å². The molecule has 1 saturated carbocycles. The average Bonchev–Trinajstić information content (AvgIpc) is 3.46. The van der Waals surface area contributed by atoms with Gasteiger partial charge in [-0.3, -0.25) is 14.5 Å². The van der Waals surface area contributed by atoms with Gasteiger partial charge >= 0.3 is 5.97 Å². The highest BCUT2D eigenvalue weighted by atomic mass is 16.5. The third kappa shape index (κ3) is 3.49. The number of ether oxygens (including phenoxy) is 2. The summed E-state index contributed by atoms with van der Waals surface area (Å²) in [6, 6.07) is 14.1. The summed E-state index contributed by atoms with van der Waals surface area (Å²) in [7, 11) is 0. The summed E-state index contributed by atoms with van der Waals surface area (Å²) in [6.45, 7) is 3.96. The number of benzene rings is 2. The van der Waals surface area contributed by atoms with Crippen molar-refractivity contribution in [2.45, 2.75) is 33.0 Å². The Morgan fingerprint density at radius 2 is 1.53 bits per heavy atom. The summed E-state index contributed by atoms with van der Waals surface area (Å²) in [5.74, 6) is 0.132. The van der Waals surface area contributed by atoms with Crippen LogP contribution in [0, 0.1) is 23.7 Å². The lowest BCUT2D eigenvalue weighted by Crippen LogP contribution is -2.32. The molecular formula is C26H25NO5. The van der Waals surface area contributed by atoms with Crippen molar-refractivity contribution in [1.29, 1.82) is 0 Å². The first kappa shape index (κ1) is 20.5. The summed E-state index contributed by atoms with van der Waals surface area (Å²) < 4.78 is 11.0. The quantitative estimate of drug-likeness (QED) is 0.390. The van der Waals surface area contributed by atoms with Crippen molar-refractivity contribution in [3.63, 3.8) is 0 Å². The van der Waals surface area contributed by atoms with Crippen molar-refractivity contribution in [3.8, 4) is 5.75 Å². The molecule has 5 rings (SSSR count). The SMILES string of the molecule is CC(C)OC(=O)c1ccc(COc2ccc(N3C(=O)[C@H]4[C@H](C3=O)[C@H]3C=C[C@H]4C3)cc2)cc1. The number of amides is 2. The number of fused-ring (bicyclic) bond motifs is 5. The Kier molecular flexibility index (Phi) is 5.08. The van der Waals surface area contributed by atoms with Gasteiger partial charge < -0.3 is 9.47 Å². The van der Waals surface area contributed by atoms with E-state index < -0.39 is 0 Å². The molecule has 2 aromatic rings. The first-order chi connectivity index (χ1) is 15.4. The number of hydrogen-bond acceptors (Lipinski definition) is 5. The number of hydrogen-bond donors (Lipinski definition) is 0. The van der Waals surface area contributed by atoms with Crippen molar-refractivity contribution in [3.05, 3.63) is 71.8 Å². The number of rotatable bonds is 6. The minimum atomic E-state index is -0.345. The number of carbonyl (C=O) groups is 3. The largest absolute Gasteiger partial charge is 0.489 e. The molecule has 1 aliphatic heterocycles. The second-order valence-electron chi connectivity index (χ2n) is 8.95. The highest BCUT2D eigenvalue weighted by Gasteiger charge is 2.59. The first-order valence-electron chi connectivity index (χ1n) is 11.0. The molecule has 2 amide bonds. The molecule has 1 saturated heterocycles. The zero-order valence-electron chi connectivity index (χ0n) is 18.1. The van der Waals surface area contributed by atoms with Crippen LogP contribution < -0.4 is 9.64 Å². The number of nitrogens with zero attached hydrogens (tertiary/aromatic N) is 1. The van der Waals surface area contributed by atoms with Gasteiger partial charge in [-0.2, -0.15) is 0 Å². The number of carbonyl (C=O) groups excluding carboxylic acids is 3. The summed E-state index contributed by atoms with van der Waals surface area (Å²) in [5, 5.41) is 0. The Labute approximate surface area is 186 Å². The fourth-order valence-corrected chi connectivity index (χ4v) is 5.03. The standard InChI is InChI=1S/C26H25NO5/c1-15(2)32-26(30)17-5-3-16(4-6-17)14-31-21-11-9-20(10-12-21)27-24(28)22-18-7-8-19(13-18)23(22)25(27)29/h3-12,15,18-19,22-23H,13-14H2,1-2H3/t18-,19-,22+,23+/m0/s1. The van der Waals surface area contributed by atoms with Crippen molar-refractivity contribution in [2.75, 3.05) is 4.90 Å². The molecule has 6 heteroatoms. The van der Waals surface area contributed by atoms with Gasteiger partial charge in [-0.1, -0.05) is 24.3 Å². The van der Waals surface area contributed by atoms with Crippen molar-refractivity contribution in [1.82, 2.24) is 0 Å². The van der Waals surface area contributed by atoms with Gasteiger partial charge in [0.15, 0.2) is 0 Å². The highest BCUT2D eigenvalue weighted by Crippen LogP contribution is 2.53. The van der Waals surface area contributed by atoms with E-state index in [4.69, 9.17) is 9.47 Å². The van der Waals surface area contributed by atoms with Crippen LogP contribution in [0.1, 0.15) is 36.2 Å². The zero-order valence-corrected chi connectivity index (χ0v) is 18.1. The van der Waals surface area contributed by atoms with E-state index in [9.17, 15) is 14.4 Å². The van der Waals surface area contributed by atoms with Crippen LogP contribution in [0.3, 0.4) is 0 Å². The second-order valence-corrected chi connectivity index (χ2v) is 8.95. The fourth-order valence-electron chi connectivity index (χ4n) is 5.03. The molecular weight excluding hydrogens is 406 g/mol. The second kappa shape index (κ2) is 7.93. The molecule has 1 heterocycles. The molecule has 0 aromatic heterocycles. The van der Waals surface area contributed by atoms with E-state index >= 15 is 0 Å². The molecule has 2 aliphatic carbocycles. The van der Waals surface area contributed by atoms with Gasteiger partial charge in [0.2, 0.25) is 11.8 Å². The molecule has 0 unspecified atom stereocenters. The maximum absolute atomic E-state index is 12.9. The Morgan fingerprint density at radius 3 is 2.09 bits per heavy atom. The van der Waals surface area contributed by atoms with Gasteiger partial charge in [-0.25, -0.2) is 4.79 Å². The van der Waals surface area contributed by atoms with Gasteiger partial charge in [-0.05, 0) is 74.1 Å². The maximum atomic E-state index is 12.9. The van der Waals surface area contributed by atoms with E-state index in [1.54, 1.807) is 36.4 Å². The Morgan fingerprint density at radius 1 is 0.938 bits per heavy atom. The lowest BCUT2D eigenvalue weighted by Gasteiger charge is -2.17. The van der Waals surface area contributed by atoms with Gasteiger partial charge in [0, 0.05) is 0 Å². The number of imide groups is 1. The molecule has 6 nitrogen and oxygen atoms in total. The Hall–Kier alpha value is -3.41. The fraction of sp³-hybridized carbons (Fsp3) is 0.346. The predicted molar refractivity (Wildman–Crippen MR) is 118 cm³/mol. The molecule has 0 spiro atoms. The lowest BCUT2D eigenvalue weighted by molar-refractivity contribution is -0.123. The Balaban J connectivity index is 1.21. The summed E-state index contributed by atoms with van der Waals surface area (Å²) in [4.78, 5) is 39.1. The highest BCUT2D eigenvalue weighted by molar-refractivity contribution is 6.22. The number of anilines is 1. The van der Waals surface area contributed by atoms with Gasteiger partial charge in [-0.15, -0.1) is 0 Å². The topological polar surface area (TPSA) is 72.9 Å². The van der Waals surface area contributed by atoms with Crippen LogP contribution in [0.2, 0.25) is 0 Å². The average molecular weight is 431 g/mol. The van der Waals surface area contributed by atoms with E-state index in [2.05, 4.69) is 12.2 Å². The first-order valence-corrected chi connectivity index (χ1v) is 11.0. The number of esters is 1. The molecule has 32 heavy (non-hydrogen) atoms. The van der Waals surface area contributed by atoms with E-state index in [1.165, 1.54) is 4.90 Å². The van der Waals surface area contributed by atoms with Crippen LogP contribution in [0.15, 0.2) is 60.7 Å². The molecule has 2 fully saturated rings. The van der Waals surface area contributed by atoms with Crippen LogP contribution in [0.4, 0.5) is 5.69 Å². The smallest absolute Gasteiger partial charge is 0.338 e. The maximum Gasteiger partial charge on any atom is 0.338 e. The van der Waals surface area contributed by atoms with Gasteiger partial charge in [0.25, 0.3) is 0 Å². The van der Waals surface area contributed by atoms with Crippen LogP contribution in [0.25, 0.3) is 0 Å². The van der Waals surface area contributed by atoms with E-state index in [-0.39, 0.29) is 47.6 Å². The van der Waals surface area contributed by atoms with Gasteiger partial charge in [0.05, 0.1) is 29.2 Å². The molecule has 164 valence electrons. The van der Waals surface area contributed by atoms with Crippen molar-refractivity contribution >= 4 is 23.5 Å². The van der Waals surface area contributed by atoms with Crippen LogP contribution in [0.5, 0.6) is 5.75 Å².